The fraction of sp³-hybridized carbons (Fsp3) is 0.316. The molecule has 0 aliphatic rings. The molecule has 0 unspecified atom stereocenters. The smallest absolute Gasteiger partial charge is 0.260 e. The number of benzene rings is 2. The van der Waals surface area contributed by atoms with Crippen molar-refractivity contribution in [2.75, 3.05) is 12.3 Å². The third-order valence-corrected chi connectivity index (χ3v) is 4.44. The molecule has 1 amide bonds. The van der Waals surface area contributed by atoms with Crippen molar-refractivity contribution in [3.63, 3.8) is 0 Å². The predicted octanol–water partition coefficient (Wildman–Crippen LogP) is 3.98. The Morgan fingerprint density at radius 3 is 2.65 bits per heavy atom. The molecule has 0 spiro atoms. The zero-order valence-electron chi connectivity index (χ0n) is 13.8. The van der Waals surface area contributed by atoms with Gasteiger partial charge in [0.2, 0.25) is 0 Å². The highest BCUT2D eigenvalue weighted by Crippen LogP contribution is 2.20. The highest BCUT2D eigenvalue weighted by Gasteiger charge is 2.15. The number of aryl methyl sites for hydroxylation is 2. The predicted molar refractivity (Wildman–Crippen MR) is 96.2 cm³/mol. The molecule has 1 atom stereocenters. The van der Waals surface area contributed by atoms with E-state index in [0.717, 1.165) is 22.6 Å². The molecular weight excluding hydrogens is 306 g/mol. The lowest BCUT2D eigenvalue weighted by molar-refractivity contribution is -0.127. The van der Waals surface area contributed by atoms with Gasteiger partial charge in [-0.05, 0) is 50.1 Å². The Kier molecular flexibility index (Phi) is 6.53. The van der Waals surface area contributed by atoms with Crippen LogP contribution in [0.1, 0.15) is 18.1 Å². The highest BCUT2D eigenvalue weighted by atomic mass is 32.2. The van der Waals surface area contributed by atoms with Crippen molar-refractivity contribution in [1.29, 1.82) is 0 Å². The van der Waals surface area contributed by atoms with Crippen LogP contribution in [-0.2, 0) is 4.79 Å². The molecule has 23 heavy (non-hydrogen) atoms. The zero-order chi connectivity index (χ0) is 16.7. The maximum absolute atomic E-state index is 12.1. The van der Waals surface area contributed by atoms with Crippen molar-refractivity contribution in [1.82, 2.24) is 5.32 Å². The summed E-state index contributed by atoms with van der Waals surface area (Å²) in [6, 6.07) is 16.2. The summed E-state index contributed by atoms with van der Waals surface area (Å²) in [7, 11) is 0. The van der Waals surface area contributed by atoms with Crippen molar-refractivity contribution < 1.29 is 9.53 Å². The summed E-state index contributed by atoms with van der Waals surface area (Å²) in [5.41, 5.74) is 2.16. The molecule has 1 N–H and O–H groups in total. The van der Waals surface area contributed by atoms with Crippen molar-refractivity contribution >= 4 is 17.7 Å². The zero-order valence-corrected chi connectivity index (χ0v) is 14.7. The number of carbonyl (C=O) groups is 1. The lowest BCUT2D eigenvalue weighted by Gasteiger charge is -2.16. The quantitative estimate of drug-likeness (QED) is 0.617. The van der Waals surface area contributed by atoms with Gasteiger partial charge in [-0.15, -0.1) is 11.8 Å². The first-order chi connectivity index (χ1) is 11.1. The average Bonchev–Trinajstić information content (AvgIpc) is 2.55. The molecule has 0 aliphatic heterocycles. The standard InChI is InChI=1S/C19H23NO2S/c1-14-9-10-15(2)18(13-14)22-16(3)19(21)20-11-12-23-17-7-5-4-6-8-17/h4-10,13,16H,11-12H2,1-3H3,(H,20,21)/t16-/m0/s1. The molecule has 2 aromatic rings. The number of carbonyl (C=O) groups excluding carboxylic acids is 1. The lowest BCUT2D eigenvalue weighted by atomic mass is 10.1. The van der Waals surface area contributed by atoms with Crippen LogP contribution in [-0.4, -0.2) is 24.3 Å². The van der Waals surface area contributed by atoms with Crippen molar-refractivity contribution in [2.45, 2.75) is 31.8 Å². The lowest BCUT2D eigenvalue weighted by Crippen LogP contribution is -2.37. The van der Waals surface area contributed by atoms with E-state index in [1.54, 1.807) is 18.7 Å². The summed E-state index contributed by atoms with van der Waals surface area (Å²) < 4.78 is 5.78. The molecular formula is C19H23NO2S. The van der Waals surface area contributed by atoms with E-state index < -0.39 is 6.10 Å². The van der Waals surface area contributed by atoms with Crippen molar-refractivity contribution in [3.8, 4) is 5.75 Å². The van der Waals surface area contributed by atoms with Gasteiger partial charge in [-0.3, -0.25) is 4.79 Å². The number of amides is 1. The first-order valence-corrected chi connectivity index (χ1v) is 8.74. The number of rotatable bonds is 7. The van der Waals surface area contributed by atoms with Crippen LogP contribution in [0, 0.1) is 13.8 Å². The van der Waals surface area contributed by atoms with Gasteiger partial charge >= 0.3 is 0 Å². The summed E-state index contributed by atoms with van der Waals surface area (Å²) in [5.74, 6) is 1.53. The van der Waals surface area contributed by atoms with Crippen LogP contribution in [0.2, 0.25) is 0 Å². The second kappa shape index (κ2) is 8.63. The van der Waals surface area contributed by atoms with E-state index >= 15 is 0 Å². The van der Waals surface area contributed by atoms with Crippen LogP contribution in [0.15, 0.2) is 53.4 Å². The fourth-order valence-corrected chi connectivity index (χ4v) is 2.87. The second-order valence-electron chi connectivity index (χ2n) is 5.48. The Balaban J connectivity index is 1.75. The maximum Gasteiger partial charge on any atom is 0.260 e. The molecule has 0 saturated carbocycles. The number of nitrogens with one attached hydrogen (secondary N) is 1. The molecule has 0 bridgehead atoms. The van der Waals surface area contributed by atoms with Gasteiger partial charge < -0.3 is 10.1 Å². The van der Waals surface area contributed by atoms with Crippen LogP contribution in [0.4, 0.5) is 0 Å². The fourth-order valence-electron chi connectivity index (χ4n) is 2.08. The largest absolute Gasteiger partial charge is 0.481 e. The number of thioether (sulfide) groups is 1. The van der Waals surface area contributed by atoms with Gasteiger partial charge in [0.05, 0.1) is 0 Å². The molecule has 0 saturated heterocycles. The van der Waals surface area contributed by atoms with E-state index in [-0.39, 0.29) is 5.91 Å². The van der Waals surface area contributed by atoms with E-state index in [4.69, 9.17) is 4.74 Å². The van der Waals surface area contributed by atoms with E-state index in [9.17, 15) is 4.79 Å². The first-order valence-electron chi connectivity index (χ1n) is 7.76. The monoisotopic (exact) mass is 329 g/mol. The Hall–Kier alpha value is -1.94. The van der Waals surface area contributed by atoms with Gasteiger partial charge in [0.15, 0.2) is 6.10 Å². The van der Waals surface area contributed by atoms with E-state index in [1.807, 2.05) is 50.2 Å². The van der Waals surface area contributed by atoms with Crippen LogP contribution < -0.4 is 10.1 Å². The summed E-state index contributed by atoms with van der Waals surface area (Å²) in [6.07, 6.45) is -0.503. The van der Waals surface area contributed by atoms with E-state index in [2.05, 4.69) is 17.4 Å². The Bertz CT molecular complexity index is 643. The molecule has 3 nitrogen and oxygen atoms in total. The van der Waals surface area contributed by atoms with Gasteiger partial charge in [-0.25, -0.2) is 0 Å². The third-order valence-electron chi connectivity index (χ3n) is 3.43. The maximum atomic E-state index is 12.1. The van der Waals surface area contributed by atoms with Crippen LogP contribution in [0.3, 0.4) is 0 Å². The third kappa shape index (κ3) is 5.64. The molecule has 0 fully saturated rings. The van der Waals surface area contributed by atoms with Gasteiger partial charge in [0, 0.05) is 17.2 Å². The molecule has 2 aromatic carbocycles. The van der Waals surface area contributed by atoms with Gasteiger partial charge in [-0.2, -0.15) is 0 Å². The second-order valence-corrected chi connectivity index (χ2v) is 6.65. The van der Waals surface area contributed by atoms with Crippen LogP contribution in [0.25, 0.3) is 0 Å². The normalized spacial score (nSPS) is 11.8. The van der Waals surface area contributed by atoms with Crippen LogP contribution >= 0.6 is 11.8 Å². The van der Waals surface area contributed by atoms with Crippen LogP contribution in [0.5, 0.6) is 5.75 Å². The Labute approximate surface area is 142 Å². The van der Waals surface area contributed by atoms with Crippen molar-refractivity contribution in [3.05, 3.63) is 59.7 Å². The molecule has 0 aliphatic carbocycles. The van der Waals surface area contributed by atoms with E-state index in [1.165, 1.54) is 4.90 Å². The summed E-state index contributed by atoms with van der Waals surface area (Å²) in [4.78, 5) is 13.3. The van der Waals surface area contributed by atoms with Gasteiger partial charge in [-0.1, -0.05) is 30.3 Å². The average molecular weight is 329 g/mol. The topological polar surface area (TPSA) is 38.3 Å². The minimum atomic E-state index is -0.503. The SMILES string of the molecule is Cc1ccc(C)c(O[C@@H](C)C(=O)NCCSc2ccccc2)c1. The number of hydrogen-bond donors (Lipinski definition) is 1. The van der Waals surface area contributed by atoms with Gasteiger partial charge in [0.25, 0.3) is 5.91 Å². The summed E-state index contributed by atoms with van der Waals surface area (Å²) in [6.45, 7) is 6.40. The molecule has 2 rings (SSSR count). The highest BCUT2D eigenvalue weighted by molar-refractivity contribution is 7.99. The summed E-state index contributed by atoms with van der Waals surface area (Å²) >= 11 is 1.73. The molecule has 0 heterocycles. The Morgan fingerprint density at radius 1 is 1.17 bits per heavy atom. The summed E-state index contributed by atoms with van der Waals surface area (Å²) in [5, 5.41) is 2.92. The van der Waals surface area contributed by atoms with Crippen molar-refractivity contribution in [2.24, 2.45) is 0 Å². The number of hydrogen-bond acceptors (Lipinski definition) is 3. The number of ether oxygens (including phenoxy) is 1. The van der Waals surface area contributed by atoms with E-state index in [0.29, 0.717) is 6.54 Å². The molecule has 122 valence electrons. The minimum Gasteiger partial charge on any atom is -0.481 e. The molecule has 0 radical (unpaired) electrons. The molecule has 0 aromatic heterocycles. The minimum absolute atomic E-state index is 0.0837. The Morgan fingerprint density at radius 2 is 1.91 bits per heavy atom. The van der Waals surface area contributed by atoms with Gasteiger partial charge in [0.1, 0.15) is 5.75 Å². The molecule has 4 heteroatoms. The first kappa shape index (κ1) is 17.4.